The second-order valence-electron chi connectivity index (χ2n) is 5.14. The summed E-state index contributed by atoms with van der Waals surface area (Å²) in [6.45, 7) is 3.71. The zero-order valence-corrected chi connectivity index (χ0v) is 12.9. The predicted molar refractivity (Wildman–Crippen MR) is 85.0 cm³/mol. The molecule has 0 bridgehead atoms. The third kappa shape index (κ3) is 9.05. The summed E-state index contributed by atoms with van der Waals surface area (Å²) in [4.78, 5) is 13.8. The van der Waals surface area contributed by atoms with Gasteiger partial charge in [0.25, 0.3) is 0 Å². The monoisotopic (exact) mass is 293 g/mol. The molecule has 0 spiro atoms. The molecule has 0 heterocycles. The molecule has 0 fully saturated rings. The lowest BCUT2D eigenvalue weighted by atomic mass is 10.2. The Labute approximate surface area is 127 Å². The van der Waals surface area contributed by atoms with Crippen LogP contribution in [0, 0.1) is 0 Å². The Bertz CT molecular complexity index is 384. The molecule has 1 aromatic rings. The normalized spacial score (nSPS) is 10.6. The first kappa shape index (κ1) is 17.5. The first-order valence-corrected chi connectivity index (χ1v) is 7.55. The number of rotatable bonds is 10. The molecule has 0 saturated heterocycles. The molecule has 0 aliphatic rings. The van der Waals surface area contributed by atoms with E-state index in [1.54, 1.807) is 0 Å². The second-order valence-corrected chi connectivity index (χ2v) is 5.14. The molecular formula is C16H27N3O2. The summed E-state index contributed by atoms with van der Waals surface area (Å²) in [5.41, 5.74) is 6.45. The van der Waals surface area contributed by atoms with Crippen LogP contribution in [-0.2, 0) is 11.3 Å². The van der Waals surface area contributed by atoms with Crippen LogP contribution in [0.3, 0.4) is 0 Å². The quantitative estimate of drug-likeness (QED) is 0.647. The Morgan fingerprint density at radius 2 is 1.90 bits per heavy atom. The van der Waals surface area contributed by atoms with E-state index in [1.807, 2.05) is 30.3 Å². The van der Waals surface area contributed by atoms with Gasteiger partial charge in [-0.1, -0.05) is 30.3 Å². The van der Waals surface area contributed by atoms with Crippen LogP contribution in [0.4, 0.5) is 4.79 Å². The van der Waals surface area contributed by atoms with Crippen molar-refractivity contribution in [3.63, 3.8) is 0 Å². The zero-order chi connectivity index (χ0) is 15.3. The van der Waals surface area contributed by atoms with Crippen molar-refractivity contribution >= 4 is 6.09 Å². The summed E-state index contributed by atoms with van der Waals surface area (Å²) in [6, 6.07) is 9.66. The molecule has 0 atom stereocenters. The Morgan fingerprint density at radius 1 is 1.19 bits per heavy atom. The second kappa shape index (κ2) is 11.1. The average molecular weight is 293 g/mol. The van der Waals surface area contributed by atoms with Crippen molar-refractivity contribution in [1.82, 2.24) is 10.2 Å². The fourth-order valence-corrected chi connectivity index (χ4v) is 1.95. The minimum Gasteiger partial charge on any atom is -0.445 e. The summed E-state index contributed by atoms with van der Waals surface area (Å²) in [5.74, 6) is 0. The summed E-state index contributed by atoms with van der Waals surface area (Å²) in [5, 5.41) is 2.77. The first-order valence-electron chi connectivity index (χ1n) is 7.55. The molecule has 0 saturated carbocycles. The molecule has 0 aliphatic heterocycles. The van der Waals surface area contributed by atoms with Crippen molar-refractivity contribution in [1.29, 1.82) is 0 Å². The van der Waals surface area contributed by atoms with E-state index in [0.717, 1.165) is 44.5 Å². The topological polar surface area (TPSA) is 67.6 Å². The van der Waals surface area contributed by atoms with E-state index in [-0.39, 0.29) is 6.09 Å². The van der Waals surface area contributed by atoms with Crippen molar-refractivity contribution in [2.45, 2.75) is 25.9 Å². The number of unbranched alkanes of at least 4 members (excludes halogenated alkanes) is 1. The smallest absolute Gasteiger partial charge is 0.407 e. The van der Waals surface area contributed by atoms with Gasteiger partial charge in [0.15, 0.2) is 0 Å². The van der Waals surface area contributed by atoms with Gasteiger partial charge in [-0.2, -0.15) is 0 Å². The van der Waals surface area contributed by atoms with Gasteiger partial charge in [-0.15, -0.1) is 0 Å². The van der Waals surface area contributed by atoms with Crippen molar-refractivity contribution in [2.24, 2.45) is 5.73 Å². The number of ether oxygens (including phenoxy) is 1. The van der Waals surface area contributed by atoms with Gasteiger partial charge in [0.2, 0.25) is 0 Å². The van der Waals surface area contributed by atoms with E-state index < -0.39 is 0 Å². The van der Waals surface area contributed by atoms with Crippen LogP contribution in [0.25, 0.3) is 0 Å². The van der Waals surface area contributed by atoms with Gasteiger partial charge < -0.3 is 20.7 Å². The van der Waals surface area contributed by atoms with Crippen LogP contribution in [0.2, 0.25) is 0 Å². The Balaban J connectivity index is 2.00. The van der Waals surface area contributed by atoms with E-state index in [0.29, 0.717) is 13.2 Å². The Hall–Kier alpha value is -1.59. The van der Waals surface area contributed by atoms with Crippen LogP contribution >= 0.6 is 0 Å². The summed E-state index contributed by atoms with van der Waals surface area (Å²) < 4.78 is 5.14. The van der Waals surface area contributed by atoms with E-state index in [2.05, 4.69) is 17.3 Å². The third-order valence-corrected chi connectivity index (χ3v) is 3.19. The highest BCUT2D eigenvalue weighted by molar-refractivity contribution is 5.67. The highest BCUT2D eigenvalue weighted by atomic mass is 16.5. The van der Waals surface area contributed by atoms with Gasteiger partial charge >= 0.3 is 6.09 Å². The number of alkyl carbamates (subject to hydrolysis) is 1. The van der Waals surface area contributed by atoms with E-state index in [1.165, 1.54) is 0 Å². The minimum atomic E-state index is -0.357. The van der Waals surface area contributed by atoms with Crippen molar-refractivity contribution in [3.8, 4) is 0 Å². The molecule has 118 valence electrons. The van der Waals surface area contributed by atoms with Crippen LogP contribution in [0.5, 0.6) is 0 Å². The lowest BCUT2D eigenvalue weighted by molar-refractivity contribution is 0.139. The SMILES string of the molecule is CN(CCCCN)CCCNC(=O)OCc1ccccc1. The number of nitrogens with two attached hydrogens (primary N) is 1. The standard InChI is InChI=1S/C16H27N3O2/c1-19(12-6-5-10-17)13-7-11-18-16(20)21-14-15-8-3-2-4-9-15/h2-4,8-9H,5-7,10-14,17H2,1H3,(H,18,20). The molecule has 5 nitrogen and oxygen atoms in total. The van der Waals surface area contributed by atoms with Gasteiger partial charge in [0.1, 0.15) is 6.61 Å². The maximum atomic E-state index is 11.5. The van der Waals surface area contributed by atoms with Crippen molar-refractivity contribution < 1.29 is 9.53 Å². The van der Waals surface area contributed by atoms with Gasteiger partial charge in [-0.05, 0) is 51.5 Å². The minimum absolute atomic E-state index is 0.311. The lowest BCUT2D eigenvalue weighted by Crippen LogP contribution is -2.29. The van der Waals surface area contributed by atoms with Crippen molar-refractivity contribution in [3.05, 3.63) is 35.9 Å². The fraction of sp³-hybridized carbons (Fsp3) is 0.562. The van der Waals surface area contributed by atoms with E-state index >= 15 is 0 Å². The number of nitrogens with one attached hydrogen (secondary N) is 1. The van der Waals surface area contributed by atoms with E-state index in [4.69, 9.17) is 10.5 Å². The van der Waals surface area contributed by atoms with Gasteiger partial charge in [-0.25, -0.2) is 4.79 Å². The number of carbonyl (C=O) groups excluding carboxylic acids is 1. The molecule has 3 N–H and O–H groups in total. The largest absolute Gasteiger partial charge is 0.445 e. The molecule has 0 aromatic heterocycles. The predicted octanol–water partition coefficient (Wildman–Crippen LogP) is 1.97. The summed E-state index contributed by atoms with van der Waals surface area (Å²) >= 11 is 0. The number of amides is 1. The molecule has 1 rings (SSSR count). The van der Waals surface area contributed by atoms with Crippen LogP contribution in [-0.4, -0.2) is 44.2 Å². The molecule has 0 unspecified atom stereocenters. The maximum absolute atomic E-state index is 11.5. The third-order valence-electron chi connectivity index (χ3n) is 3.19. The van der Waals surface area contributed by atoms with Crippen molar-refractivity contribution in [2.75, 3.05) is 33.2 Å². The summed E-state index contributed by atoms with van der Waals surface area (Å²) in [7, 11) is 2.09. The molecule has 21 heavy (non-hydrogen) atoms. The van der Waals surface area contributed by atoms with E-state index in [9.17, 15) is 4.79 Å². The lowest BCUT2D eigenvalue weighted by Gasteiger charge is -2.16. The summed E-state index contributed by atoms with van der Waals surface area (Å²) in [6.07, 6.45) is 2.75. The molecule has 0 radical (unpaired) electrons. The Morgan fingerprint density at radius 3 is 2.62 bits per heavy atom. The molecule has 1 aromatic carbocycles. The van der Waals surface area contributed by atoms with Gasteiger partial charge in [-0.3, -0.25) is 0 Å². The van der Waals surface area contributed by atoms with Gasteiger partial charge in [0, 0.05) is 6.54 Å². The molecule has 5 heteroatoms. The number of carbonyl (C=O) groups is 1. The maximum Gasteiger partial charge on any atom is 0.407 e. The highest BCUT2D eigenvalue weighted by Crippen LogP contribution is 2.00. The highest BCUT2D eigenvalue weighted by Gasteiger charge is 2.02. The molecular weight excluding hydrogens is 266 g/mol. The van der Waals surface area contributed by atoms with Gasteiger partial charge in [0.05, 0.1) is 0 Å². The number of hydrogen-bond donors (Lipinski definition) is 2. The fourth-order valence-electron chi connectivity index (χ4n) is 1.95. The molecule has 0 aliphatic carbocycles. The first-order chi connectivity index (χ1) is 10.2. The average Bonchev–Trinajstić information content (AvgIpc) is 2.51. The molecule has 1 amide bonds. The Kier molecular flexibility index (Phi) is 9.24. The van der Waals surface area contributed by atoms with Crippen LogP contribution in [0.15, 0.2) is 30.3 Å². The zero-order valence-electron chi connectivity index (χ0n) is 12.9. The van der Waals surface area contributed by atoms with Crippen LogP contribution in [0.1, 0.15) is 24.8 Å². The number of hydrogen-bond acceptors (Lipinski definition) is 4. The number of nitrogens with zero attached hydrogens (tertiary/aromatic N) is 1. The van der Waals surface area contributed by atoms with Crippen LogP contribution < -0.4 is 11.1 Å². The number of benzene rings is 1.